The van der Waals surface area contributed by atoms with Gasteiger partial charge in [0.2, 0.25) is 0 Å². The van der Waals surface area contributed by atoms with E-state index in [0.717, 1.165) is 11.5 Å². The summed E-state index contributed by atoms with van der Waals surface area (Å²) in [5.74, 6) is 1.50. The fourth-order valence-corrected chi connectivity index (χ4v) is 0.944. The van der Waals surface area contributed by atoms with E-state index in [2.05, 4.69) is 13.2 Å². The summed E-state index contributed by atoms with van der Waals surface area (Å²) in [6.07, 6.45) is 14.6. The molecule has 108 valence electrons. The molecule has 0 radical (unpaired) electrons. The van der Waals surface area contributed by atoms with Gasteiger partial charge in [0.1, 0.15) is 11.5 Å². The normalized spacial score (nSPS) is 11.3. The van der Waals surface area contributed by atoms with E-state index in [1.54, 1.807) is 24.3 Å². The number of ether oxygens (including phenoxy) is 1. The predicted octanol–water partition coefficient (Wildman–Crippen LogP) is 6.35. The number of hydrogen-bond donors (Lipinski definition) is 0. The summed E-state index contributed by atoms with van der Waals surface area (Å²) >= 11 is 0. The van der Waals surface area contributed by atoms with Crippen molar-refractivity contribution >= 4 is 0 Å². The molecule has 0 aromatic heterocycles. The molecule has 0 rings (SSSR count). The molecule has 0 spiro atoms. The van der Waals surface area contributed by atoms with Gasteiger partial charge in [0.15, 0.2) is 0 Å². The molecule has 0 unspecified atom stereocenters. The van der Waals surface area contributed by atoms with Crippen LogP contribution in [0.4, 0.5) is 0 Å². The first-order valence-electron chi connectivity index (χ1n) is 6.87. The lowest BCUT2D eigenvalue weighted by atomic mass is 10.3. The maximum atomic E-state index is 5.62. The second-order valence-electron chi connectivity index (χ2n) is 2.71. The van der Waals surface area contributed by atoms with Crippen LogP contribution in [0.5, 0.6) is 0 Å². The molecule has 0 saturated heterocycles. The minimum Gasteiger partial charge on any atom is -0.457 e. The molecule has 0 atom stereocenters. The van der Waals surface area contributed by atoms with Crippen molar-refractivity contribution in [2.24, 2.45) is 0 Å². The first-order valence-corrected chi connectivity index (χ1v) is 6.87. The molecule has 0 aliphatic carbocycles. The lowest BCUT2D eigenvalue weighted by molar-refractivity contribution is 0.336. The molecule has 0 aromatic rings. The number of allylic oxidation sites excluding steroid dienone is 8. The Balaban J connectivity index is -0.000000579. The highest BCUT2D eigenvalue weighted by Crippen LogP contribution is 2.10. The molecule has 1 heteroatoms. The molecule has 0 heterocycles. The van der Waals surface area contributed by atoms with Gasteiger partial charge in [-0.3, -0.25) is 0 Å². The van der Waals surface area contributed by atoms with Gasteiger partial charge in [-0.25, -0.2) is 0 Å². The third kappa shape index (κ3) is 16.2. The van der Waals surface area contributed by atoms with Gasteiger partial charge in [-0.15, -0.1) is 0 Å². The van der Waals surface area contributed by atoms with Crippen molar-refractivity contribution in [3.63, 3.8) is 0 Å². The molecule has 0 aliphatic heterocycles. The van der Waals surface area contributed by atoms with Gasteiger partial charge in [0.05, 0.1) is 0 Å². The molecule has 0 bridgehead atoms. The van der Waals surface area contributed by atoms with E-state index < -0.39 is 0 Å². The zero-order valence-corrected chi connectivity index (χ0v) is 13.4. The van der Waals surface area contributed by atoms with E-state index in [0.29, 0.717) is 0 Å². The number of rotatable bonds is 6. The Morgan fingerprint density at radius 3 is 1.26 bits per heavy atom. The molecule has 0 N–H and O–H groups in total. The Morgan fingerprint density at radius 2 is 1.05 bits per heavy atom. The maximum Gasteiger partial charge on any atom is 0.127 e. The van der Waals surface area contributed by atoms with E-state index in [-0.39, 0.29) is 0 Å². The molecule has 0 saturated carbocycles. The monoisotopic (exact) mass is 262 g/mol. The first kappa shape index (κ1) is 22.4. The van der Waals surface area contributed by atoms with Crippen LogP contribution in [0.3, 0.4) is 0 Å². The average molecular weight is 262 g/mol. The van der Waals surface area contributed by atoms with Gasteiger partial charge >= 0.3 is 0 Å². The van der Waals surface area contributed by atoms with E-state index in [1.807, 2.05) is 65.8 Å². The lowest BCUT2D eigenvalue weighted by Gasteiger charge is -2.06. The highest BCUT2D eigenvalue weighted by Gasteiger charge is 1.94. The molecule has 0 aromatic carbocycles. The van der Waals surface area contributed by atoms with Gasteiger partial charge < -0.3 is 4.74 Å². The van der Waals surface area contributed by atoms with E-state index in [1.165, 1.54) is 0 Å². The standard InChI is InChI=1S/C14H18O.2C2H6/c1-5-9-13(10-6-2)15-14(11-7-3)12-8-4;2*1-2/h5-12H,1,3H2,2,4H3;2*1-2H3/b10-6-,12-8-,13-9+,14-11+;;. The van der Waals surface area contributed by atoms with Crippen LogP contribution in [0.2, 0.25) is 0 Å². The van der Waals surface area contributed by atoms with E-state index >= 15 is 0 Å². The van der Waals surface area contributed by atoms with Crippen LogP contribution in [0.1, 0.15) is 41.5 Å². The molecular weight excluding hydrogens is 232 g/mol. The van der Waals surface area contributed by atoms with Gasteiger partial charge in [0.25, 0.3) is 0 Å². The fourth-order valence-electron chi connectivity index (χ4n) is 0.944. The third-order valence-corrected chi connectivity index (χ3v) is 1.46. The fraction of sp³-hybridized carbons (Fsp3) is 0.333. The molecule has 0 aliphatic rings. The maximum absolute atomic E-state index is 5.62. The van der Waals surface area contributed by atoms with Crippen LogP contribution >= 0.6 is 0 Å². The van der Waals surface area contributed by atoms with Gasteiger partial charge in [-0.2, -0.15) is 0 Å². The van der Waals surface area contributed by atoms with Crippen LogP contribution in [0, 0.1) is 0 Å². The molecule has 0 amide bonds. The molecular formula is C18H30O. The van der Waals surface area contributed by atoms with Gasteiger partial charge in [-0.1, -0.05) is 65.2 Å². The van der Waals surface area contributed by atoms with Gasteiger partial charge in [-0.05, 0) is 38.2 Å². The third-order valence-electron chi connectivity index (χ3n) is 1.46. The first-order chi connectivity index (χ1) is 9.28. The van der Waals surface area contributed by atoms with Crippen LogP contribution < -0.4 is 0 Å². The molecule has 1 nitrogen and oxygen atoms in total. The Kier molecular flexibility index (Phi) is 25.4. The Morgan fingerprint density at radius 1 is 0.737 bits per heavy atom. The largest absolute Gasteiger partial charge is 0.457 e. The zero-order chi connectivity index (χ0) is 15.5. The summed E-state index contributed by atoms with van der Waals surface area (Å²) in [6.45, 7) is 19.1. The number of hydrogen-bond acceptors (Lipinski definition) is 1. The summed E-state index contributed by atoms with van der Waals surface area (Å²) < 4.78 is 5.62. The SMILES string of the molecule is C=C/C=C(\C=C/C)OC(/C=C\C)=C/C=C.CC.CC. The average Bonchev–Trinajstić information content (AvgIpc) is 2.44. The topological polar surface area (TPSA) is 9.23 Å². The summed E-state index contributed by atoms with van der Waals surface area (Å²) in [4.78, 5) is 0. The van der Waals surface area contributed by atoms with Gasteiger partial charge in [0, 0.05) is 0 Å². The van der Waals surface area contributed by atoms with Crippen molar-refractivity contribution in [1.82, 2.24) is 0 Å². The Hall–Kier alpha value is -1.76. The summed E-state index contributed by atoms with van der Waals surface area (Å²) in [5.41, 5.74) is 0. The van der Waals surface area contributed by atoms with Crippen molar-refractivity contribution < 1.29 is 4.74 Å². The lowest BCUT2D eigenvalue weighted by Crippen LogP contribution is -1.88. The van der Waals surface area contributed by atoms with E-state index in [4.69, 9.17) is 4.74 Å². The van der Waals surface area contributed by atoms with Crippen molar-refractivity contribution in [3.05, 3.63) is 73.3 Å². The predicted molar refractivity (Wildman–Crippen MR) is 90.0 cm³/mol. The Labute approximate surface area is 120 Å². The molecule has 19 heavy (non-hydrogen) atoms. The minimum atomic E-state index is 0.749. The quantitative estimate of drug-likeness (QED) is 0.400. The van der Waals surface area contributed by atoms with Crippen molar-refractivity contribution in [1.29, 1.82) is 0 Å². The highest BCUT2D eigenvalue weighted by molar-refractivity contribution is 5.24. The summed E-state index contributed by atoms with van der Waals surface area (Å²) in [6, 6.07) is 0. The Bertz CT molecular complexity index is 283. The van der Waals surface area contributed by atoms with E-state index in [9.17, 15) is 0 Å². The second-order valence-corrected chi connectivity index (χ2v) is 2.71. The van der Waals surface area contributed by atoms with Crippen molar-refractivity contribution in [3.8, 4) is 0 Å². The molecule has 0 fully saturated rings. The van der Waals surface area contributed by atoms with Crippen LogP contribution in [-0.2, 0) is 4.74 Å². The van der Waals surface area contributed by atoms with Crippen LogP contribution in [0.15, 0.2) is 73.3 Å². The van der Waals surface area contributed by atoms with Crippen molar-refractivity contribution in [2.45, 2.75) is 41.5 Å². The smallest absolute Gasteiger partial charge is 0.127 e. The summed E-state index contributed by atoms with van der Waals surface area (Å²) in [5, 5.41) is 0. The highest BCUT2D eigenvalue weighted by atomic mass is 16.5. The minimum absolute atomic E-state index is 0.749. The van der Waals surface area contributed by atoms with Crippen LogP contribution in [0.25, 0.3) is 0 Å². The second kappa shape index (κ2) is 21.5. The van der Waals surface area contributed by atoms with Crippen LogP contribution in [-0.4, -0.2) is 0 Å². The van der Waals surface area contributed by atoms with Crippen molar-refractivity contribution in [2.75, 3.05) is 0 Å². The zero-order valence-electron chi connectivity index (χ0n) is 13.4. The summed E-state index contributed by atoms with van der Waals surface area (Å²) in [7, 11) is 0.